The van der Waals surface area contributed by atoms with E-state index in [0.29, 0.717) is 4.77 Å². The lowest BCUT2D eigenvalue weighted by atomic mass is 10.1. The summed E-state index contributed by atoms with van der Waals surface area (Å²) in [7, 11) is 0. The van der Waals surface area contributed by atoms with E-state index in [-0.39, 0.29) is 12.2 Å². The van der Waals surface area contributed by atoms with E-state index in [1.54, 1.807) is 0 Å². The van der Waals surface area contributed by atoms with Gasteiger partial charge in [0.05, 0.1) is 12.6 Å². The summed E-state index contributed by atoms with van der Waals surface area (Å²) in [4.78, 5) is 0. The molecule has 4 rings (SSSR count). The smallest absolute Gasteiger partial charge is 0.195 e. The van der Waals surface area contributed by atoms with Crippen molar-refractivity contribution in [3.8, 4) is 5.75 Å². The van der Waals surface area contributed by atoms with Crippen molar-refractivity contribution in [1.82, 2.24) is 14.8 Å². The summed E-state index contributed by atoms with van der Waals surface area (Å²) in [6.45, 7) is 3.60. The number of nitrogens with zero attached hydrogens (tertiary/aromatic N) is 2. The summed E-state index contributed by atoms with van der Waals surface area (Å²) in [6.07, 6.45) is 5.83. The summed E-state index contributed by atoms with van der Waals surface area (Å²) in [5, 5.41) is 7.29. The Morgan fingerprint density at radius 1 is 1.38 bits per heavy atom. The zero-order chi connectivity index (χ0) is 16.5. The molecule has 1 aromatic heterocycles. The number of hydrogen-bond acceptors (Lipinski definition) is 4. The molecule has 2 aliphatic rings. The van der Waals surface area contributed by atoms with Crippen molar-refractivity contribution in [3.63, 3.8) is 0 Å². The molecule has 5 nitrogen and oxygen atoms in total. The lowest BCUT2D eigenvalue weighted by molar-refractivity contribution is 0.0935. The van der Waals surface area contributed by atoms with Crippen LogP contribution in [0.1, 0.15) is 49.2 Å². The van der Waals surface area contributed by atoms with Crippen molar-refractivity contribution < 1.29 is 9.47 Å². The van der Waals surface area contributed by atoms with E-state index in [0.717, 1.165) is 44.0 Å². The van der Waals surface area contributed by atoms with Crippen LogP contribution in [-0.2, 0) is 24.1 Å². The Bertz CT molecular complexity index is 777. The van der Waals surface area contributed by atoms with Crippen LogP contribution in [0.2, 0.25) is 0 Å². The van der Waals surface area contributed by atoms with Crippen LogP contribution in [0.15, 0.2) is 18.2 Å². The number of aryl methyl sites for hydroxylation is 2. The van der Waals surface area contributed by atoms with E-state index >= 15 is 0 Å². The van der Waals surface area contributed by atoms with Gasteiger partial charge in [-0.2, -0.15) is 5.10 Å². The number of aromatic amines is 1. The van der Waals surface area contributed by atoms with Gasteiger partial charge in [0, 0.05) is 6.61 Å². The van der Waals surface area contributed by atoms with Gasteiger partial charge in [-0.05, 0) is 74.5 Å². The molecule has 0 spiro atoms. The van der Waals surface area contributed by atoms with Crippen LogP contribution < -0.4 is 4.74 Å². The maximum absolute atomic E-state index is 6.15. The minimum Gasteiger partial charge on any atom is -0.483 e. The average Bonchev–Trinajstić information content (AvgIpc) is 3.30. The van der Waals surface area contributed by atoms with Crippen molar-refractivity contribution in [2.24, 2.45) is 0 Å². The highest BCUT2D eigenvalue weighted by Gasteiger charge is 2.22. The van der Waals surface area contributed by atoms with Gasteiger partial charge in [0.25, 0.3) is 0 Å². The molecule has 1 aliphatic heterocycles. The molecular formula is C18H23N3O2S. The number of hydrogen-bond donors (Lipinski definition) is 1. The van der Waals surface area contributed by atoms with Gasteiger partial charge in [-0.15, -0.1) is 0 Å². The highest BCUT2D eigenvalue weighted by Crippen LogP contribution is 2.28. The van der Waals surface area contributed by atoms with Crippen LogP contribution in [0.5, 0.6) is 5.75 Å². The lowest BCUT2D eigenvalue weighted by Gasteiger charge is -2.18. The van der Waals surface area contributed by atoms with Crippen molar-refractivity contribution in [2.75, 3.05) is 6.61 Å². The van der Waals surface area contributed by atoms with E-state index in [2.05, 4.69) is 28.4 Å². The zero-order valence-corrected chi connectivity index (χ0v) is 14.8. The molecule has 1 aromatic carbocycles. The van der Waals surface area contributed by atoms with Gasteiger partial charge in [0.1, 0.15) is 5.75 Å². The first-order valence-electron chi connectivity index (χ1n) is 8.76. The molecule has 0 unspecified atom stereocenters. The fourth-order valence-electron chi connectivity index (χ4n) is 3.69. The van der Waals surface area contributed by atoms with Gasteiger partial charge in [0.15, 0.2) is 16.7 Å². The molecule has 1 saturated heterocycles. The monoisotopic (exact) mass is 345 g/mol. The quantitative estimate of drug-likeness (QED) is 0.839. The predicted molar refractivity (Wildman–Crippen MR) is 93.9 cm³/mol. The molecule has 0 radical (unpaired) electrons. The molecule has 2 heterocycles. The van der Waals surface area contributed by atoms with Crippen molar-refractivity contribution in [1.29, 1.82) is 0 Å². The number of ether oxygens (including phenoxy) is 2. The van der Waals surface area contributed by atoms with Crippen LogP contribution in [0, 0.1) is 4.77 Å². The Morgan fingerprint density at radius 3 is 3.08 bits per heavy atom. The minimum absolute atomic E-state index is 0.168. The van der Waals surface area contributed by atoms with Gasteiger partial charge in [-0.3, -0.25) is 9.67 Å². The molecule has 6 heteroatoms. The first kappa shape index (κ1) is 15.8. The third kappa shape index (κ3) is 3.13. The number of fused-ring (bicyclic) bond motifs is 1. The van der Waals surface area contributed by atoms with Crippen LogP contribution >= 0.6 is 12.2 Å². The average molecular weight is 345 g/mol. The summed E-state index contributed by atoms with van der Waals surface area (Å²) in [5.74, 6) is 1.73. The summed E-state index contributed by atoms with van der Waals surface area (Å²) in [5.41, 5.74) is 2.87. The van der Waals surface area contributed by atoms with Gasteiger partial charge >= 0.3 is 0 Å². The maximum atomic E-state index is 6.15. The molecule has 0 saturated carbocycles. The van der Waals surface area contributed by atoms with E-state index in [1.807, 2.05) is 11.5 Å². The van der Waals surface area contributed by atoms with Gasteiger partial charge in [-0.25, -0.2) is 0 Å². The number of nitrogens with one attached hydrogen (secondary N) is 1. The van der Waals surface area contributed by atoms with Gasteiger partial charge in [0.2, 0.25) is 0 Å². The number of benzene rings is 1. The zero-order valence-electron chi connectivity index (χ0n) is 14.0. The van der Waals surface area contributed by atoms with E-state index < -0.39 is 0 Å². The molecule has 0 amide bonds. The van der Waals surface area contributed by atoms with Crippen LogP contribution in [0.4, 0.5) is 0 Å². The Morgan fingerprint density at radius 2 is 2.25 bits per heavy atom. The number of aromatic nitrogens is 3. The van der Waals surface area contributed by atoms with Crippen molar-refractivity contribution in [3.05, 3.63) is 39.9 Å². The van der Waals surface area contributed by atoms with Crippen LogP contribution in [0.25, 0.3) is 0 Å². The number of H-pyrrole nitrogens is 1. The molecule has 1 fully saturated rings. The first-order chi connectivity index (χ1) is 11.7. The normalized spacial score (nSPS) is 21.0. The molecule has 24 heavy (non-hydrogen) atoms. The predicted octanol–water partition coefficient (Wildman–Crippen LogP) is 3.75. The van der Waals surface area contributed by atoms with Crippen molar-refractivity contribution in [2.45, 2.75) is 57.8 Å². The fraction of sp³-hybridized carbons (Fsp3) is 0.556. The SMILES string of the molecule is C[C@H](Oc1ccc2c(c1)CCC2)c1n[nH]c(=S)n1C[C@H]1CCCO1. The highest BCUT2D eigenvalue weighted by molar-refractivity contribution is 7.71. The Labute approximate surface area is 147 Å². The molecule has 128 valence electrons. The lowest BCUT2D eigenvalue weighted by Crippen LogP contribution is -2.19. The van der Waals surface area contributed by atoms with E-state index in [4.69, 9.17) is 21.7 Å². The molecule has 0 bridgehead atoms. The molecule has 2 atom stereocenters. The van der Waals surface area contributed by atoms with Crippen LogP contribution in [-0.4, -0.2) is 27.5 Å². The second-order valence-corrected chi connectivity index (χ2v) is 7.06. The largest absolute Gasteiger partial charge is 0.483 e. The second-order valence-electron chi connectivity index (χ2n) is 6.68. The topological polar surface area (TPSA) is 52.1 Å². The molecule has 2 aromatic rings. The molecular weight excluding hydrogens is 322 g/mol. The van der Waals surface area contributed by atoms with Gasteiger partial charge < -0.3 is 9.47 Å². The third-order valence-electron chi connectivity index (χ3n) is 4.94. The summed E-state index contributed by atoms with van der Waals surface area (Å²) >= 11 is 5.39. The highest BCUT2D eigenvalue weighted by atomic mass is 32.1. The van der Waals surface area contributed by atoms with E-state index in [1.165, 1.54) is 24.0 Å². The van der Waals surface area contributed by atoms with Crippen LogP contribution in [0.3, 0.4) is 0 Å². The summed E-state index contributed by atoms with van der Waals surface area (Å²) < 4.78 is 14.5. The first-order valence-corrected chi connectivity index (χ1v) is 9.16. The third-order valence-corrected chi connectivity index (χ3v) is 5.26. The standard InChI is InChI=1S/C18H23N3O2S/c1-12(23-15-8-7-13-4-2-5-14(13)10-15)17-19-20-18(24)21(17)11-16-6-3-9-22-16/h7-8,10,12,16H,2-6,9,11H2,1H3,(H,20,24)/t12-,16+/m0/s1. The fourth-order valence-corrected chi connectivity index (χ4v) is 3.90. The second kappa shape index (κ2) is 6.69. The van der Waals surface area contributed by atoms with E-state index in [9.17, 15) is 0 Å². The van der Waals surface area contributed by atoms with Crippen molar-refractivity contribution >= 4 is 12.2 Å². The number of rotatable bonds is 5. The Balaban J connectivity index is 1.52. The molecule has 1 aliphatic carbocycles. The van der Waals surface area contributed by atoms with Gasteiger partial charge in [-0.1, -0.05) is 6.07 Å². The summed E-state index contributed by atoms with van der Waals surface area (Å²) in [6, 6.07) is 6.42. The molecule has 1 N–H and O–H groups in total. The Kier molecular flexibility index (Phi) is 4.41. The Hall–Kier alpha value is -1.66. The maximum Gasteiger partial charge on any atom is 0.195 e. The minimum atomic E-state index is -0.168.